The summed E-state index contributed by atoms with van der Waals surface area (Å²) in [7, 11) is 0. The van der Waals surface area contributed by atoms with E-state index >= 15 is 0 Å². The van der Waals surface area contributed by atoms with E-state index < -0.39 is 0 Å². The van der Waals surface area contributed by atoms with Crippen molar-refractivity contribution >= 4 is 0 Å². The van der Waals surface area contributed by atoms with Crippen LogP contribution in [0.1, 0.15) is 51.4 Å². The van der Waals surface area contributed by atoms with Gasteiger partial charge in [-0.15, -0.1) is 0 Å². The molecule has 0 aliphatic heterocycles. The molecular formula is C16H27N5. The van der Waals surface area contributed by atoms with Gasteiger partial charge in [0.2, 0.25) is 0 Å². The maximum Gasteiger partial charge on any atom is 0.0534 e. The molecule has 1 unspecified atom stereocenters. The Morgan fingerprint density at radius 2 is 2.00 bits per heavy atom. The van der Waals surface area contributed by atoms with E-state index in [4.69, 9.17) is 0 Å². The summed E-state index contributed by atoms with van der Waals surface area (Å²) < 4.78 is 4.13. The van der Waals surface area contributed by atoms with Crippen LogP contribution in [0.2, 0.25) is 0 Å². The van der Waals surface area contributed by atoms with Crippen LogP contribution in [-0.4, -0.2) is 19.6 Å². The molecular weight excluding hydrogens is 262 g/mol. The van der Waals surface area contributed by atoms with Gasteiger partial charge in [-0.1, -0.05) is 20.8 Å². The van der Waals surface area contributed by atoms with Gasteiger partial charge in [0.15, 0.2) is 0 Å². The van der Waals surface area contributed by atoms with Crippen molar-refractivity contribution in [2.45, 2.75) is 59.8 Å². The second kappa shape index (κ2) is 7.41. The fourth-order valence-corrected chi connectivity index (χ4v) is 2.36. The van der Waals surface area contributed by atoms with Gasteiger partial charge in [-0.2, -0.15) is 10.2 Å². The highest BCUT2D eigenvalue weighted by Gasteiger charge is 2.08. The van der Waals surface area contributed by atoms with Gasteiger partial charge < -0.3 is 5.32 Å². The van der Waals surface area contributed by atoms with Crippen molar-refractivity contribution < 1.29 is 0 Å². The third-order valence-corrected chi connectivity index (χ3v) is 3.63. The fraction of sp³-hybridized carbons (Fsp3) is 0.625. The van der Waals surface area contributed by atoms with E-state index in [1.54, 1.807) is 0 Å². The lowest BCUT2D eigenvalue weighted by Crippen LogP contribution is -2.18. The Labute approximate surface area is 127 Å². The number of aromatic nitrogens is 4. The zero-order chi connectivity index (χ0) is 15.2. The van der Waals surface area contributed by atoms with E-state index in [9.17, 15) is 0 Å². The van der Waals surface area contributed by atoms with Crippen LogP contribution in [0.3, 0.4) is 0 Å². The quantitative estimate of drug-likeness (QED) is 0.812. The smallest absolute Gasteiger partial charge is 0.0534 e. The van der Waals surface area contributed by atoms with E-state index in [0.29, 0.717) is 12.0 Å². The average Bonchev–Trinajstić information content (AvgIpc) is 3.07. The van der Waals surface area contributed by atoms with Crippen LogP contribution >= 0.6 is 0 Å². The summed E-state index contributed by atoms with van der Waals surface area (Å²) in [5, 5.41) is 12.3. The lowest BCUT2D eigenvalue weighted by Gasteiger charge is -2.14. The largest absolute Gasteiger partial charge is 0.307 e. The molecule has 5 nitrogen and oxygen atoms in total. The molecule has 2 heterocycles. The van der Waals surface area contributed by atoms with Crippen LogP contribution in [-0.2, 0) is 19.6 Å². The minimum atomic E-state index is 0.450. The van der Waals surface area contributed by atoms with Crippen LogP contribution in [0.5, 0.6) is 0 Å². The summed E-state index contributed by atoms with van der Waals surface area (Å²) in [6, 6.07) is 2.53. The molecule has 0 aliphatic carbocycles. The number of hydrogen-bond donors (Lipinski definition) is 1. The van der Waals surface area contributed by atoms with Gasteiger partial charge in [0.1, 0.15) is 0 Å². The molecule has 0 saturated heterocycles. The van der Waals surface area contributed by atoms with Gasteiger partial charge in [-0.25, -0.2) is 0 Å². The summed E-state index contributed by atoms with van der Waals surface area (Å²) in [5.41, 5.74) is 2.46. The van der Waals surface area contributed by atoms with Crippen molar-refractivity contribution in [1.82, 2.24) is 24.9 Å². The molecule has 0 bridgehead atoms. The van der Waals surface area contributed by atoms with Crippen molar-refractivity contribution in [3.05, 3.63) is 35.9 Å². The highest BCUT2D eigenvalue weighted by molar-refractivity contribution is 5.05. The molecule has 1 N–H and O–H groups in total. The Kier molecular flexibility index (Phi) is 5.56. The van der Waals surface area contributed by atoms with Crippen LogP contribution in [0, 0.1) is 5.92 Å². The molecule has 2 aromatic heterocycles. The third-order valence-electron chi connectivity index (χ3n) is 3.63. The second-order valence-electron chi connectivity index (χ2n) is 6.09. The Bertz CT molecular complexity index is 540. The Balaban J connectivity index is 1.84. The van der Waals surface area contributed by atoms with Gasteiger partial charge in [0.05, 0.1) is 11.9 Å². The molecule has 0 aromatic carbocycles. The van der Waals surface area contributed by atoms with Crippen molar-refractivity contribution in [2.75, 3.05) is 0 Å². The molecule has 0 fully saturated rings. The predicted molar refractivity (Wildman–Crippen MR) is 84.8 cm³/mol. The first-order valence-electron chi connectivity index (χ1n) is 7.84. The van der Waals surface area contributed by atoms with Gasteiger partial charge in [-0.3, -0.25) is 9.36 Å². The fourth-order valence-electron chi connectivity index (χ4n) is 2.36. The monoisotopic (exact) mass is 289 g/mol. The molecule has 1 atom stereocenters. The van der Waals surface area contributed by atoms with Crippen LogP contribution < -0.4 is 5.32 Å². The third kappa shape index (κ3) is 4.43. The molecule has 0 radical (unpaired) electrons. The van der Waals surface area contributed by atoms with Crippen molar-refractivity contribution in [1.29, 1.82) is 0 Å². The maximum absolute atomic E-state index is 4.41. The first-order chi connectivity index (χ1) is 10.1. The topological polar surface area (TPSA) is 47.7 Å². The molecule has 0 spiro atoms. The van der Waals surface area contributed by atoms with E-state index in [2.05, 4.69) is 60.2 Å². The molecule has 0 amide bonds. The molecule has 0 aliphatic rings. The molecule has 0 saturated carbocycles. The minimum absolute atomic E-state index is 0.450. The van der Waals surface area contributed by atoms with Crippen molar-refractivity contribution in [2.24, 2.45) is 5.92 Å². The Hall–Kier alpha value is -1.62. The van der Waals surface area contributed by atoms with Gasteiger partial charge >= 0.3 is 0 Å². The highest BCUT2D eigenvalue weighted by Crippen LogP contribution is 2.12. The van der Waals surface area contributed by atoms with E-state index in [1.165, 1.54) is 11.3 Å². The first-order valence-corrected chi connectivity index (χ1v) is 7.84. The summed E-state index contributed by atoms with van der Waals surface area (Å²) in [4.78, 5) is 0. The van der Waals surface area contributed by atoms with Crippen molar-refractivity contribution in [3.63, 3.8) is 0 Å². The first kappa shape index (κ1) is 15.8. The van der Waals surface area contributed by atoms with Gasteiger partial charge in [-0.05, 0) is 25.3 Å². The van der Waals surface area contributed by atoms with Gasteiger partial charge in [0, 0.05) is 43.6 Å². The van der Waals surface area contributed by atoms with Crippen LogP contribution in [0.25, 0.3) is 0 Å². The summed E-state index contributed by atoms with van der Waals surface area (Å²) in [5.74, 6) is 0.621. The van der Waals surface area contributed by atoms with E-state index in [1.807, 2.05) is 17.1 Å². The molecule has 2 aromatic rings. The summed E-state index contributed by atoms with van der Waals surface area (Å²) in [6.07, 6.45) is 7.04. The highest BCUT2D eigenvalue weighted by atomic mass is 15.3. The normalized spacial score (nSPS) is 13.0. The molecule has 5 heteroatoms. The SMILES string of the molecule is CCC(C)n1nccc1CNCc1cnn(CC(C)C)c1. The lowest BCUT2D eigenvalue weighted by atomic mass is 10.2. The number of nitrogens with zero attached hydrogens (tertiary/aromatic N) is 4. The van der Waals surface area contributed by atoms with Crippen LogP contribution in [0.15, 0.2) is 24.7 Å². The zero-order valence-corrected chi connectivity index (χ0v) is 13.6. The predicted octanol–water partition coefficient (Wildman–Crippen LogP) is 3.00. The lowest BCUT2D eigenvalue weighted by molar-refractivity contribution is 0.451. The van der Waals surface area contributed by atoms with Crippen LogP contribution in [0.4, 0.5) is 0 Å². The van der Waals surface area contributed by atoms with E-state index in [-0.39, 0.29) is 0 Å². The number of nitrogens with one attached hydrogen (secondary N) is 1. The summed E-state index contributed by atoms with van der Waals surface area (Å²) in [6.45, 7) is 11.4. The second-order valence-corrected chi connectivity index (χ2v) is 6.09. The molecule has 21 heavy (non-hydrogen) atoms. The van der Waals surface area contributed by atoms with Gasteiger partial charge in [0.25, 0.3) is 0 Å². The zero-order valence-electron chi connectivity index (χ0n) is 13.6. The molecule has 116 valence electrons. The Morgan fingerprint density at radius 3 is 2.71 bits per heavy atom. The maximum atomic E-state index is 4.41. The Morgan fingerprint density at radius 1 is 1.19 bits per heavy atom. The summed E-state index contributed by atoms with van der Waals surface area (Å²) >= 11 is 0. The standard InChI is InChI=1S/C16H27N5/c1-5-14(4)21-16(6-7-18-21)10-17-8-15-9-19-20(12-15)11-13(2)3/h6-7,9,12-14,17H,5,8,10-11H2,1-4H3. The molecule has 2 rings (SSSR count). The van der Waals surface area contributed by atoms with Crippen molar-refractivity contribution in [3.8, 4) is 0 Å². The average molecular weight is 289 g/mol. The minimum Gasteiger partial charge on any atom is -0.307 e. The number of rotatable bonds is 8. The number of hydrogen-bond acceptors (Lipinski definition) is 3. The van der Waals surface area contributed by atoms with E-state index in [0.717, 1.165) is 26.1 Å².